The van der Waals surface area contributed by atoms with Crippen molar-refractivity contribution in [1.29, 1.82) is 0 Å². The molecule has 1 unspecified atom stereocenters. The largest absolute Gasteiger partial charge is 0.479 e. The second-order valence-electron chi connectivity index (χ2n) is 2.22. The Morgan fingerprint density at radius 2 is 2.17 bits per heavy atom. The van der Waals surface area contributed by atoms with Crippen LogP contribution in [0, 0.1) is 0 Å². The Hall–Kier alpha value is -1.10. The second kappa shape index (κ2) is 5.54. The number of carboxylic acid groups (broad SMARTS) is 1. The minimum Gasteiger partial charge on any atom is -0.479 e. The number of amides is 1. The molecule has 0 bridgehead atoms. The molecule has 2 N–H and O–H groups in total. The van der Waals surface area contributed by atoms with Crippen LogP contribution in [0.4, 0.5) is 0 Å². The number of carboxylic acids is 1. The van der Waals surface area contributed by atoms with Gasteiger partial charge in [-0.05, 0) is 0 Å². The Labute approximate surface area is 70.7 Å². The smallest absolute Gasteiger partial charge is 0.334 e. The average molecular weight is 175 g/mol. The third-order valence-corrected chi connectivity index (χ3v) is 1.37. The van der Waals surface area contributed by atoms with Crippen LogP contribution in [0.1, 0.15) is 13.3 Å². The topological polar surface area (TPSA) is 75.6 Å². The van der Waals surface area contributed by atoms with Gasteiger partial charge in [-0.25, -0.2) is 4.79 Å². The van der Waals surface area contributed by atoms with Gasteiger partial charge in [0.05, 0.1) is 6.54 Å². The molecule has 0 saturated carbocycles. The SMILES string of the molecule is CCC(=O)NCC(OC)C(=O)O. The summed E-state index contributed by atoms with van der Waals surface area (Å²) in [5, 5.41) is 10.9. The number of methoxy groups -OCH3 is 1. The molecule has 0 rings (SSSR count). The summed E-state index contributed by atoms with van der Waals surface area (Å²) in [6.45, 7) is 1.70. The van der Waals surface area contributed by atoms with Gasteiger partial charge in [-0.15, -0.1) is 0 Å². The highest BCUT2D eigenvalue weighted by molar-refractivity contribution is 5.77. The minimum absolute atomic E-state index is 0.0124. The molecule has 0 aromatic heterocycles. The summed E-state index contributed by atoms with van der Waals surface area (Å²) < 4.78 is 4.59. The van der Waals surface area contributed by atoms with Gasteiger partial charge in [0, 0.05) is 13.5 Å². The fourth-order valence-electron chi connectivity index (χ4n) is 0.603. The first-order chi connectivity index (χ1) is 5.61. The van der Waals surface area contributed by atoms with Crippen LogP contribution in [0.5, 0.6) is 0 Å². The minimum atomic E-state index is -1.08. The van der Waals surface area contributed by atoms with Crippen LogP contribution in [0.3, 0.4) is 0 Å². The quantitative estimate of drug-likeness (QED) is 0.596. The molecule has 0 heterocycles. The first-order valence-corrected chi connectivity index (χ1v) is 3.64. The van der Waals surface area contributed by atoms with E-state index in [1.165, 1.54) is 7.11 Å². The predicted octanol–water partition coefficient (Wildman–Crippen LogP) is -0.388. The second-order valence-corrected chi connectivity index (χ2v) is 2.22. The Morgan fingerprint density at radius 1 is 1.58 bits per heavy atom. The van der Waals surface area contributed by atoms with E-state index in [9.17, 15) is 9.59 Å². The van der Waals surface area contributed by atoms with E-state index in [1.54, 1.807) is 6.92 Å². The van der Waals surface area contributed by atoms with Crippen molar-refractivity contribution in [2.75, 3.05) is 13.7 Å². The van der Waals surface area contributed by atoms with Crippen molar-refractivity contribution in [1.82, 2.24) is 5.32 Å². The number of carbonyl (C=O) groups is 2. The lowest BCUT2D eigenvalue weighted by Gasteiger charge is -2.10. The number of nitrogens with one attached hydrogen (secondary N) is 1. The molecule has 1 atom stereocenters. The van der Waals surface area contributed by atoms with E-state index < -0.39 is 12.1 Å². The summed E-state index contributed by atoms with van der Waals surface area (Å²) in [5.41, 5.74) is 0. The van der Waals surface area contributed by atoms with E-state index >= 15 is 0 Å². The van der Waals surface area contributed by atoms with E-state index in [1.807, 2.05) is 0 Å². The molecular weight excluding hydrogens is 162 g/mol. The first kappa shape index (κ1) is 10.9. The highest BCUT2D eigenvalue weighted by Gasteiger charge is 2.16. The summed E-state index contributed by atoms with van der Waals surface area (Å²) in [7, 11) is 1.29. The van der Waals surface area contributed by atoms with Crippen molar-refractivity contribution in [3.05, 3.63) is 0 Å². The van der Waals surface area contributed by atoms with E-state index in [4.69, 9.17) is 5.11 Å². The van der Waals surface area contributed by atoms with Crippen LogP contribution in [-0.2, 0) is 14.3 Å². The summed E-state index contributed by atoms with van der Waals surface area (Å²) in [5.74, 6) is -1.26. The number of hydrogen-bond donors (Lipinski definition) is 2. The molecule has 0 aliphatic carbocycles. The van der Waals surface area contributed by atoms with Crippen molar-refractivity contribution < 1.29 is 19.4 Å². The normalized spacial score (nSPS) is 12.2. The zero-order valence-corrected chi connectivity index (χ0v) is 7.16. The zero-order chi connectivity index (χ0) is 9.56. The van der Waals surface area contributed by atoms with Crippen molar-refractivity contribution in [3.8, 4) is 0 Å². The number of ether oxygens (including phenoxy) is 1. The van der Waals surface area contributed by atoms with Crippen LogP contribution < -0.4 is 5.32 Å². The third kappa shape index (κ3) is 3.92. The van der Waals surface area contributed by atoms with Gasteiger partial charge in [-0.2, -0.15) is 0 Å². The van der Waals surface area contributed by atoms with Crippen LogP contribution in [0.25, 0.3) is 0 Å². The maximum atomic E-state index is 10.7. The van der Waals surface area contributed by atoms with E-state index in [2.05, 4.69) is 10.1 Å². The van der Waals surface area contributed by atoms with E-state index in [0.717, 1.165) is 0 Å². The fourth-order valence-corrected chi connectivity index (χ4v) is 0.603. The summed E-state index contributed by atoms with van der Waals surface area (Å²) in [6.07, 6.45) is -0.615. The van der Waals surface area contributed by atoms with Gasteiger partial charge in [0.1, 0.15) is 0 Å². The molecule has 5 nitrogen and oxygen atoms in total. The van der Waals surface area contributed by atoms with Crippen molar-refractivity contribution in [2.45, 2.75) is 19.4 Å². The van der Waals surface area contributed by atoms with Crippen LogP contribution >= 0.6 is 0 Å². The third-order valence-electron chi connectivity index (χ3n) is 1.37. The molecule has 0 aromatic carbocycles. The summed E-state index contributed by atoms with van der Waals surface area (Å²) >= 11 is 0. The van der Waals surface area contributed by atoms with Gasteiger partial charge in [-0.1, -0.05) is 6.92 Å². The van der Waals surface area contributed by atoms with Crippen molar-refractivity contribution in [3.63, 3.8) is 0 Å². The lowest BCUT2D eigenvalue weighted by molar-refractivity contribution is -0.148. The predicted molar refractivity (Wildman–Crippen MR) is 41.7 cm³/mol. The summed E-state index contributed by atoms with van der Waals surface area (Å²) in [4.78, 5) is 21.1. The molecule has 0 spiro atoms. The van der Waals surface area contributed by atoms with Crippen LogP contribution in [-0.4, -0.2) is 36.7 Å². The number of hydrogen-bond acceptors (Lipinski definition) is 3. The van der Waals surface area contributed by atoms with Gasteiger partial charge in [0.2, 0.25) is 5.91 Å². The van der Waals surface area contributed by atoms with Gasteiger partial charge >= 0.3 is 5.97 Å². The number of carbonyl (C=O) groups excluding carboxylic acids is 1. The van der Waals surface area contributed by atoms with Gasteiger partial charge < -0.3 is 15.2 Å². The molecule has 1 amide bonds. The number of aliphatic carboxylic acids is 1. The Balaban J connectivity index is 3.73. The van der Waals surface area contributed by atoms with Crippen molar-refractivity contribution >= 4 is 11.9 Å². The maximum absolute atomic E-state index is 10.7. The molecular formula is C7H13NO4. The molecule has 0 saturated heterocycles. The molecule has 0 aliphatic heterocycles. The standard InChI is InChI=1S/C7H13NO4/c1-3-6(9)8-4-5(12-2)7(10)11/h5H,3-4H2,1-2H3,(H,8,9)(H,10,11). The highest BCUT2D eigenvalue weighted by atomic mass is 16.5. The zero-order valence-electron chi connectivity index (χ0n) is 7.16. The van der Waals surface area contributed by atoms with Crippen molar-refractivity contribution in [2.24, 2.45) is 0 Å². The lowest BCUT2D eigenvalue weighted by atomic mass is 10.3. The van der Waals surface area contributed by atoms with Gasteiger partial charge in [0.15, 0.2) is 6.10 Å². The molecule has 12 heavy (non-hydrogen) atoms. The van der Waals surface area contributed by atoms with E-state index in [0.29, 0.717) is 6.42 Å². The van der Waals surface area contributed by atoms with Gasteiger partial charge in [-0.3, -0.25) is 4.79 Å². The average Bonchev–Trinajstić information content (AvgIpc) is 2.04. The molecule has 0 aliphatic rings. The molecule has 70 valence electrons. The molecule has 5 heteroatoms. The Bertz CT molecular complexity index is 169. The Morgan fingerprint density at radius 3 is 2.50 bits per heavy atom. The van der Waals surface area contributed by atoms with Gasteiger partial charge in [0.25, 0.3) is 0 Å². The first-order valence-electron chi connectivity index (χ1n) is 3.64. The number of rotatable bonds is 5. The molecule has 0 radical (unpaired) electrons. The lowest BCUT2D eigenvalue weighted by Crippen LogP contribution is -2.37. The fraction of sp³-hybridized carbons (Fsp3) is 0.714. The Kier molecular flexibility index (Phi) is 5.03. The van der Waals surface area contributed by atoms with Crippen LogP contribution in [0.2, 0.25) is 0 Å². The van der Waals surface area contributed by atoms with E-state index in [-0.39, 0.29) is 12.5 Å². The summed E-state index contributed by atoms with van der Waals surface area (Å²) in [6, 6.07) is 0. The van der Waals surface area contributed by atoms with Crippen LogP contribution in [0.15, 0.2) is 0 Å². The maximum Gasteiger partial charge on any atom is 0.334 e. The molecule has 0 fully saturated rings. The monoisotopic (exact) mass is 175 g/mol. The molecule has 0 aromatic rings. The highest BCUT2D eigenvalue weighted by Crippen LogP contribution is 1.88.